The topological polar surface area (TPSA) is 35.0 Å². The second-order valence-electron chi connectivity index (χ2n) is 17.2. The highest BCUT2D eigenvalue weighted by atomic mass is 16.5. The van der Waals surface area contributed by atoms with Gasteiger partial charge in [0.05, 0.1) is 16.8 Å². The summed E-state index contributed by atoms with van der Waals surface area (Å²) in [6.07, 6.45) is 0. The summed E-state index contributed by atoms with van der Waals surface area (Å²) in [5, 5.41) is 2.36. The molecule has 308 valence electrons. The van der Waals surface area contributed by atoms with Crippen molar-refractivity contribution < 1.29 is 4.74 Å². The Morgan fingerprint density at radius 2 is 0.803 bits per heavy atom. The van der Waals surface area contributed by atoms with Crippen LogP contribution in [0.25, 0.3) is 89.2 Å². The van der Waals surface area contributed by atoms with Crippen LogP contribution < -0.4 is 4.74 Å². The van der Waals surface area contributed by atoms with Crippen LogP contribution in [0.4, 0.5) is 0 Å². The summed E-state index contributed by atoms with van der Waals surface area (Å²) in [5.41, 5.74) is 18.4. The average Bonchev–Trinajstić information content (AvgIpc) is 3.69. The number of nitrogens with zero attached hydrogens (tertiary/aromatic N) is 2. The third-order valence-electron chi connectivity index (χ3n) is 13.6. The molecule has 0 amide bonds. The van der Waals surface area contributed by atoms with E-state index in [-0.39, 0.29) is 0 Å². The number of benzene rings is 10. The van der Waals surface area contributed by atoms with Gasteiger partial charge in [0.2, 0.25) is 0 Å². The molecule has 0 radical (unpaired) electrons. The molecule has 0 saturated heterocycles. The summed E-state index contributed by atoms with van der Waals surface area (Å²) in [4.78, 5) is 10.4. The molecule has 0 unspecified atom stereocenters. The molecule has 13 rings (SSSR count). The van der Waals surface area contributed by atoms with E-state index in [9.17, 15) is 0 Å². The van der Waals surface area contributed by atoms with Crippen LogP contribution in [0.15, 0.2) is 243 Å². The lowest BCUT2D eigenvalue weighted by atomic mass is 9.65. The average molecular weight is 841 g/mol. The molecule has 0 atom stereocenters. The number of hydrogen-bond acceptors (Lipinski definition) is 3. The van der Waals surface area contributed by atoms with E-state index in [1.165, 1.54) is 33.2 Å². The molecule has 3 nitrogen and oxygen atoms in total. The Morgan fingerprint density at radius 1 is 0.288 bits per heavy atom. The number of aromatic nitrogens is 2. The summed E-state index contributed by atoms with van der Waals surface area (Å²) >= 11 is 0. The standard InChI is InChI=1S/C63H40N2O/c1-4-17-43(18-5-1)57-40-58(65-62(64-57)45-21-8-3-9-22-45)52-28-16-27-49(61(52)44-19-6-2-7-20-44)42-33-31-41(32-34-42)48-35-36-59-55(38-48)63(56-37-46-23-10-11-24-47(46)39-60(56)66-59)53-29-14-12-25-50(53)51-26-13-15-30-54(51)63/h1-40H. The molecule has 2 heterocycles. The smallest absolute Gasteiger partial charge is 0.160 e. The van der Waals surface area contributed by atoms with Crippen molar-refractivity contribution in [2.75, 3.05) is 0 Å². The van der Waals surface area contributed by atoms with Crippen molar-refractivity contribution in [3.8, 4) is 89.9 Å². The van der Waals surface area contributed by atoms with E-state index in [1.807, 2.05) is 24.3 Å². The monoisotopic (exact) mass is 840 g/mol. The van der Waals surface area contributed by atoms with Crippen molar-refractivity contribution in [2.45, 2.75) is 5.41 Å². The van der Waals surface area contributed by atoms with E-state index in [0.717, 1.165) is 83.9 Å². The van der Waals surface area contributed by atoms with Gasteiger partial charge in [0.25, 0.3) is 0 Å². The first-order valence-corrected chi connectivity index (χ1v) is 22.6. The van der Waals surface area contributed by atoms with Gasteiger partial charge in [0.1, 0.15) is 11.5 Å². The van der Waals surface area contributed by atoms with Crippen molar-refractivity contribution >= 4 is 10.8 Å². The Hall–Kier alpha value is -8.66. The maximum absolute atomic E-state index is 6.93. The second-order valence-corrected chi connectivity index (χ2v) is 17.2. The quantitative estimate of drug-likeness (QED) is 0.167. The first kappa shape index (κ1) is 37.9. The maximum atomic E-state index is 6.93. The Morgan fingerprint density at radius 3 is 1.50 bits per heavy atom. The zero-order chi connectivity index (χ0) is 43.6. The molecule has 0 saturated carbocycles. The molecule has 66 heavy (non-hydrogen) atoms. The lowest BCUT2D eigenvalue weighted by Crippen LogP contribution is -2.32. The Balaban J connectivity index is 0.958. The Bertz CT molecular complexity index is 3550. The maximum Gasteiger partial charge on any atom is 0.160 e. The van der Waals surface area contributed by atoms with Crippen LogP contribution in [-0.2, 0) is 5.41 Å². The lowest BCUT2D eigenvalue weighted by Gasteiger charge is -2.40. The van der Waals surface area contributed by atoms with Crippen molar-refractivity contribution in [3.63, 3.8) is 0 Å². The highest BCUT2D eigenvalue weighted by Crippen LogP contribution is 2.63. The molecule has 1 aliphatic heterocycles. The van der Waals surface area contributed by atoms with Gasteiger partial charge < -0.3 is 4.74 Å². The van der Waals surface area contributed by atoms with E-state index >= 15 is 0 Å². The molecule has 10 aromatic carbocycles. The summed E-state index contributed by atoms with van der Waals surface area (Å²) in [6, 6.07) is 86.8. The number of hydrogen-bond donors (Lipinski definition) is 0. The van der Waals surface area contributed by atoms with Crippen molar-refractivity contribution in [1.82, 2.24) is 9.97 Å². The van der Waals surface area contributed by atoms with Crippen LogP contribution in [-0.4, -0.2) is 9.97 Å². The first-order chi connectivity index (χ1) is 32.7. The zero-order valence-corrected chi connectivity index (χ0v) is 35.9. The van der Waals surface area contributed by atoms with Gasteiger partial charge >= 0.3 is 0 Å². The SMILES string of the molecule is c1ccc(-c2cc(-c3cccc(-c4ccc(-c5ccc6c(c5)C5(c7cc8ccccc8cc7O6)c6ccccc6-c6ccccc65)cc4)c3-c3ccccc3)nc(-c3ccccc3)n2)cc1. The normalized spacial score (nSPS) is 12.8. The van der Waals surface area contributed by atoms with E-state index in [0.29, 0.717) is 5.82 Å². The minimum absolute atomic E-state index is 0.567. The van der Waals surface area contributed by atoms with Gasteiger partial charge in [-0.3, -0.25) is 0 Å². The summed E-state index contributed by atoms with van der Waals surface area (Å²) in [6.45, 7) is 0. The largest absolute Gasteiger partial charge is 0.457 e. The molecule has 0 bridgehead atoms. The number of fused-ring (bicyclic) bond motifs is 10. The van der Waals surface area contributed by atoms with Gasteiger partial charge in [-0.05, 0) is 96.7 Å². The van der Waals surface area contributed by atoms with E-state index in [2.05, 4.69) is 218 Å². The van der Waals surface area contributed by atoms with Gasteiger partial charge in [-0.15, -0.1) is 0 Å². The summed E-state index contributed by atoms with van der Waals surface area (Å²) in [7, 11) is 0. The first-order valence-electron chi connectivity index (χ1n) is 22.6. The fourth-order valence-corrected chi connectivity index (χ4v) is 10.6. The molecule has 0 fully saturated rings. The minimum Gasteiger partial charge on any atom is -0.457 e. The van der Waals surface area contributed by atoms with Crippen LogP contribution in [0.3, 0.4) is 0 Å². The van der Waals surface area contributed by atoms with Gasteiger partial charge in [0, 0.05) is 27.8 Å². The number of rotatable bonds is 6. The fraction of sp³-hybridized carbons (Fsp3) is 0.0159. The number of ether oxygens (including phenoxy) is 1. The Kier molecular flexibility index (Phi) is 8.75. The summed E-state index contributed by atoms with van der Waals surface area (Å²) < 4.78 is 6.93. The van der Waals surface area contributed by atoms with Gasteiger partial charge in [-0.25, -0.2) is 9.97 Å². The van der Waals surface area contributed by atoms with Crippen molar-refractivity contribution in [1.29, 1.82) is 0 Å². The van der Waals surface area contributed by atoms with Crippen LogP contribution in [0, 0.1) is 0 Å². The Labute approximate surface area is 384 Å². The van der Waals surface area contributed by atoms with Crippen molar-refractivity contribution in [2.24, 2.45) is 0 Å². The van der Waals surface area contributed by atoms with Gasteiger partial charge in [-0.1, -0.05) is 212 Å². The van der Waals surface area contributed by atoms with Crippen LogP contribution in [0.2, 0.25) is 0 Å². The molecule has 0 N–H and O–H groups in total. The van der Waals surface area contributed by atoms with Gasteiger partial charge in [-0.2, -0.15) is 0 Å². The highest BCUT2D eigenvalue weighted by Gasteiger charge is 2.51. The fourth-order valence-electron chi connectivity index (χ4n) is 10.6. The molecule has 1 spiro atoms. The lowest BCUT2D eigenvalue weighted by molar-refractivity contribution is 0.437. The van der Waals surface area contributed by atoms with Crippen LogP contribution >= 0.6 is 0 Å². The van der Waals surface area contributed by atoms with E-state index in [1.54, 1.807) is 0 Å². The van der Waals surface area contributed by atoms with Gasteiger partial charge in [0.15, 0.2) is 5.82 Å². The molecule has 1 aliphatic carbocycles. The second kappa shape index (κ2) is 15.3. The zero-order valence-electron chi connectivity index (χ0n) is 35.9. The predicted octanol–water partition coefficient (Wildman–Crippen LogP) is 16.1. The van der Waals surface area contributed by atoms with E-state index in [4.69, 9.17) is 14.7 Å². The third kappa shape index (κ3) is 5.98. The third-order valence-corrected chi connectivity index (χ3v) is 13.6. The minimum atomic E-state index is -0.567. The molecule has 1 aromatic heterocycles. The molecule has 3 heteroatoms. The highest BCUT2D eigenvalue weighted by molar-refractivity contribution is 5.96. The molecule has 11 aromatic rings. The van der Waals surface area contributed by atoms with Crippen LogP contribution in [0.1, 0.15) is 22.3 Å². The van der Waals surface area contributed by atoms with E-state index < -0.39 is 5.41 Å². The molecular weight excluding hydrogens is 801 g/mol. The molecule has 2 aliphatic rings. The van der Waals surface area contributed by atoms with Crippen LogP contribution in [0.5, 0.6) is 11.5 Å². The van der Waals surface area contributed by atoms with Crippen molar-refractivity contribution in [3.05, 3.63) is 265 Å². The predicted molar refractivity (Wildman–Crippen MR) is 270 cm³/mol. The summed E-state index contributed by atoms with van der Waals surface area (Å²) in [5.74, 6) is 2.47. The molecular formula is C63H40N2O.